The lowest BCUT2D eigenvalue weighted by molar-refractivity contribution is -0.136. The standard InChI is InChI=1S/C16H19N3O4S/c1-12-2-5-15(6-3-12)24(22,23)18-8-9-19-14(11-18)10-13(17-19)4-7-16(20)21/h2-3,5-6,10H,4,7-9,11H2,1H3,(H,20,21). The molecule has 0 bridgehead atoms. The number of carboxylic acid groups (broad SMARTS) is 1. The summed E-state index contributed by atoms with van der Waals surface area (Å²) in [7, 11) is -3.54. The Balaban J connectivity index is 1.79. The number of carboxylic acids is 1. The SMILES string of the molecule is Cc1ccc(S(=O)(=O)N2CCn3nc(CCC(=O)O)cc3C2)cc1. The highest BCUT2D eigenvalue weighted by Crippen LogP contribution is 2.22. The molecule has 1 aliphatic rings. The molecule has 8 heteroatoms. The number of aliphatic carboxylic acids is 1. The van der Waals surface area contributed by atoms with Crippen LogP contribution in [0.4, 0.5) is 0 Å². The van der Waals surface area contributed by atoms with Gasteiger partial charge in [0.15, 0.2) is 0 Å². The first-order valence-corrected chi connectivity index (χ1v) is 9.14. The Hall–Kier alpha value is -2.19. The van der Waals surface area contributed by atoms with Crippen LogP contribution in [0.2, 0.25) is 0 Å². The summed E-state index contributed by atoms with van der Waals surface area (Å²) in [6, 6.07) is 8.60. The van der Waals surface area contributed by atoms with Gasteiger partial charge in [-0.3, -0.25) is 9.48 Å². The fraction of sp³-hybridized carbons (Fsp3) is 0.375. The average Bonchev–Trinajstić information content (AvgIpc) is 2.95. The quantitative estimate of drug-likeness (QED) is 0.881. The summed E-state index contributed by atoms with van der Waals surface area (Å²) in [4.78, 5) is 10.9. The number of aryl methyl sites for hydroxylation is 2. The molecular formula is C16H19N3O4S. The third kappa shape index (κ3) is 3.34. The highest BCUT2D eigenvalue weighted by molar-refractivity contribution is 7.89. The van der Waals surface area contributed by atoms with E-state index in [1.54, 1.807) is 35.0 Å². The zero-order valence-corrected chi connectivity index (χ0v) is 14.2. The van der Waals surface area contributed by atoms with Gasteiger partial charge < -0.3 is 5.11 Å². The molecule has 1 aromatic carbocycles. The predicted molar refractivity (Wildman–Crippen MR) is 87.0 cm³/mol. The third-order valence-electron chi connectivity index (χ3n) is 4.07. The van der Waals surface area contributed by atoms with Gasteiger partial charge >= 0.3 is 5.97 Å². The van der Waals surface area contributed by atoms with E-state index in [2.05, 4.69) is 5.10 Å². The monoisotopic (exact) mass is 349 g/mol. The molecule has 0 radical (unpaired) electrons. The molecule has 7 nitrogen and oxygen atoms in total. The van der Waals surface area contributed by atoms with Gasteiger partial charge in [0.05, 0.1) is 35.8 Å². The van der Waals surface area contributed by atoms with Crippen LogP contribution in [0.15, 0.2) is 35.2 Å². The van der Waals surface area contributed by atoms with Crippen molar-refractivity contribution in [1.29, 1.82) is 0 Å². The van der Waals surface area contributed by atoms with Gasteiger partial charge in [-0.15, -0.1) is 0 Å². The number of benzene rings is 1. The van der Waals surface area contributed by atoms with Crippen LogP contribution in [0, 0.1) is 6.92 Å². The van der Waals surface area contributed by atoms with Crippen molar-refractivity contribution < 1.29 is 18.3 Å². The van der Waals surface area contributed by atoms with Gasteiger partial charge in [0.2, 0.25) is 10.0 Å². The lowest BCUT2D eigenvalue weighted by Crippen LogP contribution is -2.38. The van der Waals surface area contributed by atoms with Crippen molar-refractivity contribution in [2.24, 2.45) is 0 Å². The van der Waals surface area contributed by atoms with Crippen molar-refractivity contribution in [2.75, 3.05) is 6.54 Å². The maximum absolute atomic E-state index is 12.7. The minimum absolute atomic E-state index is 0.0157. The second-order valence-corrected chi connectivity index (χ2v) is 7.83. The minimum atomic E-state index is -3.54. The zero-order valence-electron chi connectivity index (χ0n) is 13.3. The molecule has 0 unspecified atom stereocenters. The first kappa shape index (κ1) is 16.7. The molecule has 3 rings (SSSR count). The first-order valence-electron chi connectivity index (χ1n) is 7.70. The van der Waals surface area contributed by atoms with E-state index in [4.69, 9.17) is 5.11 Å². The van der Waals surface area contributed by atoms with Crippen LogP contribution in [0.25, 0.3) is 0 Å². The Morgan fingerprint density at radius 3 is 2.62 bits per heavy atom. The van der Waals surface area contributed by atoms with Crippen LogP contribution in [-0.4, -0.2) is 40.1 Å². The van der Waals surface area contributed by atoms with E-state index in [9.17, 15) is 13.2 Å². The Labute approximate surface area is 140 Å². The number of carbonyl (C=O) groups is 1. The minimum Gasteiger partial charge on any atom is -0.481 e. The van der Waals surface area contributed by atoms with Crippen LogP contribution >= 0.6 is 0 Å². The second-order valence-electron chi connectivity index (χ2n) is 5.90. The molecule has 24 heavy (non-hydrogen) atoms. The molecule has 0 saturated heterocycles. The van der Waals surface area contributed by atoms with Crippen molar-refractivity contribution >= 4 is 16.0 Å². The van der Waals surface area contributed by atoms with Gasteiger partial charge in [0.1, 0.15) is 0 Å². The van der Waals surface area contributed by atoms with Gasteiger partial charge in [-0.25, -0.2) is 8.42 Å². The van der Waals surface area contributed by atoms with Crippen LogP contribution in [0.3, 0.4) is 0 Å². The van der Waals surface area contributed by atoms with Crippen LogP contribution in [0.5, 0.6) is 0 Å². The van der Waals surface area contributed by atoms with Gasteiger partial charge in [0, 0.05) is 13.0 Å². The number of sulfonamides is 1. The van der Waals surface area contributed by atoms with E-state index in [-0.39, 0.29) is 17.9 Å². The largest absolute Gasteiger partial charge is 0.481 e. The van der Waals surface area contributed by atoms with Crippen LogP contribution < -0.4 is 0 Å². The Bertz CT molecular complexity index is 856. The highest BCUT2D eigenvalue weighted by atomic mass is 32.2. The van der Waals surface area contributed by atoms with E-state index < -0.39 is 16.0 Å². The predicted octanol–water partition coefficient (Wildman–Crippen LogP) is 1.41. The Kier molecular flexibility index (Phi) is 4.42. The molecule has 1 N–H and O–H groups in total. The summed E-state index contributed by atoms with van der Waals surface area (Å²) in [6.45, 7) is 2.97. The molecule has 0 aliphatic carbocycles. The number of hydrogen-bond acceptors (Lipinski definition) is 4. The fourth-order valence-electron chi connectivity index (χ4n) is 2.72. The van der Waals surface area contributed by atoms with Crippen molar-refractivity contribution in [3.05, 3.63) is 47.3 Å². The molecule has 2 heterocycles. The van der Waals surface area contributed by atoms with E-state index in [1.165, 1.54) is 4.31 Å². The van der Waals surface area contributed by atoms with E-state index in [1.807, 2.05) is 6.92 Å². The van der Waals surface area contributed by atoms with Gasteiger partial charge in [-0.1, -0.05) is 17.7 Å². The Morgan fingerprint density at radius 1 is 1.25 bits per heavy atom. The lowest BCUT2D eigenvalue weighted by atomic mass is 10.2. The van der Waals surface area contributed by atoms with Crippen molar-refractivity contribution in [3.8, 4) is 0 Å². The van der Waals surface area contributed by atoms with Crippen molar-refractivity contribution in [3.63, 3.8) is 0 Å². The number of rotatable bonds is 5. The summed E-state index contributed by atoms with van der Waals surface area (Å²) in [5.41, 5.74) is 2.48. The molecular weight excluding hydrogens is 330 g/mol. The Morgan fingerprint density at radius 2 is 1.96 bits per heavy atom. The van der Waals surface area contributed by atoms with Crippen LogP contribution in [-0.2, 0) is 34.3 Å². The molecule has 1 aromatic heterocycles. The summed E-state index contributed by atoms with van der Waals surface area (Å²) in [5, 5.41) is 13.1. The average molecular weight is 349 g/mol. The van der Waals surface area contributed by atoms with Crippen LogP contribution in [0.1, 0.15) is 23.4 Å². The summed E-state index contributed by atoms with van der Waals surface area (Å²) in [6.07, 6.45) is 0.363. The van der Waals surface area contributed by atoms with Gasteiger partial charge in [0.25, 0.3) is 0 Å². The second kappa shape index (κ2) is 6.37. The van der Waals surface area contributed by atoms with Crippen molar-refractivity contribution in [2.45, 2.75) is 37.8 Å². The smallest absolute Gasteiger partial charge is 0.303 e. The van der Waals surface area contributed by atoms with Gasteiger partial charge in [-0.05, 0) is 25.1 Å². The van der Waals surface area contributed by atoms with E-state index in [0.29, 0.717) is 25.2 Å². The summed E-state index contributed by atoms with van der Waals surface area (Å²) < 4.78 is 28.7. The van der Waals surface area contributed by atoms with E-state index >= 15 is 0 Å². The van der Waals surface area contributed by atoms with Gasteiger partial charge in [-0.2, -0.15) is 9.40 Å². The molecule has 1 aliphatic heterocycles. The molecule has 0 saturated carbocycles. The molecule has 0 amide bonds. The summed E-state index contributed by atoms with van der Waals surface area (Å²) in [5.74, 6) is -0.871. The molecule has 2 aromatic rings. The summed E-state index contributed by atoms with van der Waals surface area (Å²) >= 11 is 0. The topological polar surface area (TPSA) is 92.5 Å². The van der Waals surface area contributed by atoms with Crippen molar-refractivity contribution in [1.82, 2.24) is 14.1 Å². The fourth-order valence-corrected chi connectivity index (χ4v) is 4.13. The number of fused-ring (bicyclic) bond motifs is 1. The number of nitrogens with zero attached hydrogens (tertiary/aromatic N) is 3. The molecule has 0 fully saturated rings. The maximum Gasteiger partial charge on any atom is 0.303 e. The third-order valence-corrected chi connectivity index (χ3v) is 5.93. The maximum atomic E-state index is 12.7. The number of hydrogen-bond donors (Lipinski definition) is 1. The molecule has 0 atom stereocenters. The normalized spacial score (nSPS) is 15.2. The first-order chi connectivity index (χ1) is 11.4. The number of aromatic nitrogens is 2. The lowest BCUT2D eigenvalue weighted by Gasteiger charge is -2.27. The highest BCUT2D eigenvalue weighted by Gasteiger charge is 2.29. The molecule has 128 valence electrons. The molecule has 0 spiro atoms. The van der Waals surface area contributed by atoms with E-state index in [0.717, 1.165) is 11.3 Å². The zero-order chi connectivity index (χ0) is 17.3.